The lowest BCUT2D eigenvalue weighted by molar-refractivity contribution is -0.115. The first-order valence-corrected chi connectivity index (χ1v) is 6.87. The summed E-state index contributed by atoms with van der Waals surface area (Å²) in [6.45, 7) is 2.64. The molecule has 0 saturated heterocycles. The highest BCUT2D eigenvalue weighted by Gasteiger charge is 2.18. The van der Waals surface area contributed by atoms with Crippen LogP contribution in [0.4, 0.5) is 15.8 Å². The number of benzene rings is 2. The summed E-state index contributed by atoms with van der Waals surface area (Å²) in [5.74, 6) is -1.91. The minimum atomic E-state index is -0.656. The second-order valence-electron chi connectivity index (χ2n) is 4.93. The topological polar surface area (TPSA) is 75.3 Å². The van der Waals surface area contributed by atoms with E-state index in [1.807, 2.05) is 0 Å². The fraction of sp³-hybridized carbons (Fsp3) is 0.118. The average molecular weight is 314 g/mol. The molecule has 23 heavy (non-hydrogen) atoms. The van der Waals surface area contributed by atoms with E-state index in [9.17, 15) is 18.8 Å². The minimum Gasteiger partial charge on any atom is -0.326 e. The Bertz CT molecular complexity index is 787. The molecule has 0 heterocycles. The van der Waals surface area contributed by atoms with E-state index in [0.717, 1.165) is 0 Å². The first-order chi connectivity index (χ1) is 10.9. The molecule has 0 spiro atoms. The van der Waals surface area contributed by atoms with Crippen molar-refractivity contribution in [1.29, 1.82) is 0 Å². The predicted molar refractivity (Wildman–Crippen MR) is 84.9 cm³/mol. The molecular weight excluding hydrogens is 299 g/mol. The standard InChI is InChI=1S/C17H15FN2O3/c1-10(21)19-12-7-8-16(20-11(2)22)14(9-12)17(23)13-5-3-4-6-15(13)18/h3-9H,1-2H3,(H,19,21)(H,20,22). The van der Waals surface area contributed by atoms with Crippen LogP contribution >= 0.6 is 0 Å². The fourth-order valence-electron chi connectivity index (χ4n) is 2.10. The number of ketones is 1. The first-order valence-electron chi connectivity index (χ1n) is 6.87. The molecule has 0 fully saturated rings. The number of hydrogen-bond donors (Lipinski definition) is 2. The first kappa shape index (κ1) is 16.4. The molecule has 0 aromatic heterocycles. The lowest BCUT2D eigenvalue weighted by Crippen LogP contribution is -2.14. The summed E-state index contributed by atoms with van der Waals surface area (Å²) in [7, 11) is 0. The Morgan fingerprint density at radius 2 is 1.52 bits per heavy atom. The van der Waals surface area contributed by atoms with E-state index < -0.39 is 11.6 Å². The van der Waals surface area contributed by atoms with Crippen LogP contribution in [0.1, 0.15) is 29.8 Å². The summed E-state index contributed by atoms with van der Waals surface area (Å²) < 4.78 is 13.9. The summed E-state index contributed by atoms with van der Waals surface area (Å²) in [5, 5.41) is 5.08. The summed E-state index contributed by atoms with van der Waals surface area (Å²) in [6, 6.07) is 10.0. The zero-order valence-electron chi connectivity index (χ0n) is 12.6. The minimum absolute atomic E-state index is 0.0940. The van der Waals surface area contributed by atoms with Gasteiger partial charge in [0.25, 0.3) is 0 Å². The SMILES string of the molecule is CC(=O)Nc1ccc(NC(C)=O)c(C(=O)c2ccccc2F)c1. The number of rotatable bonds is 4. The van der Waals surface area contributed by atoms with E-state index in [0.29, 0.717) is 5.69 Å². The van der Waals surface area contributed by atoms with Gasteiger partial charge in [0.15, 0.2) is 5.78 Å². The van der Waals surface area contributed by atoms with E-state index in [2.05, 4.69) is 10.6 Å². The molecule has 0 radical (unpaired) electrons. The van der Waals surface area contributed by atoms with Crippen LogP contribution < -0.4 is 10.6 Å². The van der Waals surface area contributed by atoms with Crippen molar-refractivity contribution in [2.75, 3.05) is 10.6 Å². The molecule has 2 amide bonds. The molecule has 5 nitrogen and oxygen atoms in total. The van der Waals surface area contributed by atoms with Gasteiger partial charge >= 0.3 is 0 Å². The molecule has 6 heteroatoms. The molecule has 2 rings (SSSR count). The molecule has 2 aromatic carbocycles. The van der Waals surface area contributed by atoms with Gasteiger partial charge in [0.2, 0.25) is 11.8 Å². The van der Waals surface area contributed by atoms with Crippen LogP contribution in [0.5, 0.6) is 0 Å². The molecule has 0 bridgehead atoms. The second kappa shape index (κ2) is 6.83. The van der Waals surface area contributed by atoms with Gasteiger partial charge in [-0.2, -0.15) is 0 Å². The van der Waals surface area contributed by atoms with Crippen LogP contribution in [-0.4, -0.2) is 17.6 Å². The predicted octanol–water partition coefficient (Wildman–Crippen LogP) is 2.97. The van der Waals surface area contributed by atoms with Gasteiger partial charge in [0.1, 0.15) is 5.82 Å². The van der Waals surface area contributed by atoms with Crippen molar-refractivity contribution in [1.82, 2.24) is 0 Å². The van der Waals surface area contributed by atoms with Crippen LogP contribution in [0.25, 0.3) is 0 Å². The second-order valence-corrected chi connectivity index (χ2v) is 4.93. The molecule has 0 saturated carbocycles. The third-order valence-corrected chi connectivity index (χ3v) is 3.01. The fourth-order valence-corrected chi connectivity index (χ4v) is 2.10. The van der Waals surface area contributed by atoms with Gasteiger partial charge in [-0.3, -0.25) is 14.4 Å². The number of carbonyl (C=O) groups excluding carboxylic acids is 3. The molecule has 0 aliphatic carbocycles. The number of amides is 2. The molecule has 0 unspecified atom stereocenters. The largest absolute Gasteiger partial charge is 0.326 e. The summed E-state index contributed by atoms with van der Waals surface area (Å²) in [5.41, 5.74) is 0.613. The van der Waals surface area contributed by atoms with E-state index in [4.69, 9.17) is 0 Å². The maximum Gasteiger partial charge on any atom is 0.221 e. The Kier molecular flexibility index (Phi) is 4.85. The van der Waals surface area contributed by atoms with Crippen molar-refractivity contribution in [2.24, 2.45) is 0 Å². The van der Waals surface area contributed by atoms with Gasteiger partial charge in [-0.1, -0.05) is 12.1 Å². The lowest BCUT2D eigenvalue weighted by Gasteiger charge is -2.12. The van der Waals surface area contributed by atoms with Crippen molar-refractivity contribution in [3.63, 3.8) is 0 Å². The van der Waals surface area contributed by atoms with Crippen LogP contribution in [0.3, 0.4) is 0 Å². The molecule has 2 N–H and O–H groups in total. The molecular formula is C17H15FN2O3. The highest BCUT2D eigenvalue weighted by atomic mass is 19.1. The third kappa shape index (κ3) is 4.00. The Morgan fingerprint density at radius 1 is 0.870 bits per heavy atom. The van der Waals surface area contributed by atoms with Crippen LogP contribution in [0, 0.1) is 5.82 Å². The van der Waals surface area contributed by atoms with Gasteiger partial charge in [0, 0.05) is 25.1 Å². The van der Waals surface area contributed by atoms with E-state index in [-0.39, 0.29) is 28.6 Å². The van der Waals surface area contributed by atoms with Crippen molar-refractivity contribution in [2.45, 2.75) is 13.8 Å². The van der Waals surface area contributed by atoms with E-state index in [1.54, 1.807) is 12.1 Å². The van der Waals surface area contributed by atoms with E-state index >= 15 is 0 Å². The van der Waals surface area contributed by atoms with Gasteiger partial charge < -0.3 is 10.6 Å². The van der Waals surface area contributed by atoms with Gasteiger partial charge in [-0.25, -0.2) is 4.39 Å². The van der Waals surface area contributed by atoms with Crippen molar-refractivity contribution >= 4 is 29.0 Å². The third-order valence-electron chi connectivity index (χ3n) is 3.01. The number of halogens is 1. The molecule has 2 aromatic rings. The zero-order chi connectivity index (χ0) is 17.0. The zero-order valence-corrected chi connectivity index (χ0v) is 12.6. The van der Waals surface area contributed by atoms with Gasteiger partial charge in [-0.05, 0) is 30.3 Å². The van der Waals surface area contributed by atoms with Crippen LogP contribution in [0.2, 0.25) is 0 Å². The van der Waals surface area contributed by atoms with Gasteiger partial charge in [-0.15, -0.1) is 0 Å². The lowest BCUT2D eigenvalue weighted by atomic mass is 10.00. The number of hydrogen-bond acceptors (Lipinski definition) is 3. The molecule has 0 atom stereocenters. The normalized spacial score (nSPS) is 10.0. The van der Waals surface area contributed by atoms with Crippen LogP contribution in [-0.2, 0) is 9.59 Å². The Balaban J connectivity index is 2.52. The average Bonchev–Trinajstić information content (AvgIpc) is 2.47. The summed E-state index contributed by atoms with van der Waals surface area (Å²) >= 11 is 0. The number of anilines is 2. The smallest absolute Gasteiger partial charge is 0.221 e. The summed E-state index contributed by atoms with van der Waals surface area (Å²) in [4.78, 5) is 35.0. The van der Waals surface area contributed by atoms with Crippen molar-refractivity contribution in [3.8, 4) is 0 Å². The van der Waals surface area contributed by atoms with Crippen LogP contribution in [0.15, 0.2) is 42.5 Å². The molecule has 0 aliphatic heterocycles. The molecule has 118 valence electrons. The number of carbonyl (C=O) groups is 3. The maximum absolute atomic E-state index is 13.9. The highest BCUT2D eigenvalue weighted by molar-refractivity contribution is 6.14. The molecule has 0 aliphatic rings. The Hall–Kier alpha value is -3.02. The maximum atomic E-state index is 13.9. The quantitative estimate of drug-likeness (QED) is 0.852. The van der Waals surface area contributed by atoms with Crippen molar-refractivity contribution in [3.05, 3.63) is 59.4 Å². The highest BCUT2D eigenvalue weighted by Crippen LogP contribution is 2.24. The van der Waals surface area contributed by atoms with Crippen molar-refractivity contribution < 1.29 is 18.8 Å². The van der Waals surface area contributed by atoms with E-state index in [1.165, 1.54) is 44.2 Å². The summed E-state index contributed by atoms with van der Waals surface area (Å²) in [6.07, 6.45) is 0. The monoisotopic (exact) mass is 314 g/mol. The van der Waals surface area contributed by atoms with Gasteiger partial charge in [0.05, 0.1) is 11.3 Å². The Labute approximate surface area is 132 Å². The number of nitrogens with one attached hydrogen (secondary N) is 2. The Morgan fingerprint density at radius 3 is 2.13 bits per heavy atom.